The number of primary amides is 2. The lowest BCUT2D eigenvalue weighted by Crippen LogP contribution is -2.58. The average Bonchev–Trinajstić information content (AvgIpc) is 2.80. The molecule has 1 rings (SSSR count). The molecule has 0 heterocycles. The Morgan fingerprint density at radius 3 is 1.83 bits per heavy atom. The van der Waals surface area contributed by atoms with Gasteiger partial charge in [0.25, 0.3) is 0 Å². The highest BCUT2D eigenvalue weighted by Crippen LogP contribution is 2.07. The van der Waals surface area contributed by atoms with Crippen LogP contribution in [0.5, 0.6) is 0 Å². The molecule has 4 unspecified atom stereocenters. The number of amides is 5. The van der Waals surface area contributed by atoms with E-state index in [0.29, 0.717) is 5.56 Å². The van der Waals surface area contributed by atoms with E-state index in [1.807, 2.05) is 0 Å². The Bertz CT molecular complexity index is 954. The van der Waals surface area contributed by atoms with Crippen molar-refractivity contribution in [2.75, 3.05) is 0 Å². The van der Waals surface area contributed by atoms with Crippen molar-refractivity contribution in [2.24, 2.45) is 23.1 Å². The average molecular weight is 507 g/mol. The third-order valence-corrected chi connectivity index (χ3v) is 5.27. The van der Waals surface area contributed by atoms with Crippen LogP contribution in [0, 0.1) is 5.92 Å². The Labute approximate surface area is 208 Å². The number of aliphatic carboxylic acids is 1. The Hall–Kier alpha value is -4.00. The van der Waals surface area contributed by atoms with E-state index in [0.717, 1.165) is 0 Å². The zero-order valence-electron chi connectivity index (χ0n) is 20.2. The highest BCUT2D eigenvalue weighted by Gasteiger charge is 2.31. The van der Waals surface area contributed by atoms with Crippen molar-refractivity contribution in [1.82, 2.24) is 16.0 Å². The summed E-state index contributed by atoms with van der Waals surface area (Å²) in [6.45, 7) is 3.37. The van der Waals surface area contributed by atoms with Gasteiger partial charge in [0.05, 0.1) is 12.5 Å². The molecule has 13 heteroatoms. The first kappa shape index (κ1) is 30.0. The predicted molar refractivity (Wildman–Crippen MR) is 129 cm³/mol. The number of rotatable bonds is 15. The molecule has 0 saturated carbocycles. The normalized spacial score (nSPS) is 14.1. The van der Waals surface area contributed by atoms with Gasteiger partial charge < -0.3 is 38.3 Å². The van der Waals surface area contributed by atoms with Gasteiger partial charge in [-0.25, -0.2) is 4.79 Å². The summed E-state index contributed by atoms with van der Waals surface area (Å²) in [5, 5.41) is 16.6. The first-order valence-electron chi connectivity index (χ1n) is 11.3. The van der Waals surface area contributed by atoms with Gasteiger partial charge in [-0.2, -0.15) is 0 Å². The van der Waals surface area contributed by atoms with Crippen molar-refractivity contribution in [3.05, 3.63) is 35.9 Å². The van der Waals surface area contributed by atoms with Crippen molar-refractivity contribution in [3.63, 3.8) is 0 Å². The van der Waals surface area contributed by atoms with Crippen LogP contribution in [0.4, 0.5) is 0 Å². The number of nitrogens with two attached hydrogens (primary N) is 3. The second kappa shape index (κ2) is 14.4. The minimum atomic E-state index is -1.46. The first-order valence-corrected chi connectivity index (χ1v) is 11.3. The van der Waals surface area contributed by atoms with Gasteiger partial charge in [0, 0.05) is 12.8 Å². The van der Waals surface area contributed by atoms with E-state index in [4.69, 9.17) is 17.2 Å². The monoisotopic (exact) mass is 506 g/mol. The highest BCUT2D eigenvalue weighted by molar-refractivity contribution is 5.96. The van der Waals surface area contributed by atoms with Crippen molar-refractivity contribution in [1.29, 1.82) is 0 Å². The van der Waals surface area contributed by atoms with Crippen molar-refractivity contribution in [2.45, 2.75) is 63.7 Å². The fourth-order valence-electron chi connectivity index (χ4n) is 3.13. The van der Waals surface area contributed by atoms with Gasteiger partial charge in [0.2, 0.25) is 29.5 Å². The standard InChI is InChI=1S/C23H34N6O7/c1-12(2)19(26)22(34)28-15(11-18(25)31)21(33)27-14(8-9-17(24)30)20(32)29-16(23(35)36)10-13-6-4-3-5-7-13/h3-7,12,14-16,19H,8-11,26H2,1-2H3,(H2,24,30)(H2,25,31)(H,27,33)(H,28,34)(H,29,32)(H,35,36). The molecule has 0 fully saturated rings. The van der Waals surface area contributed by atoms with Crippen LogP contribution in [-0.4, -0.2) is 64.8 Å². The van der Waals surface area contributed by atoms with Gasteiger partial charge in [0.1, 0.15) is 18.1 Å². The largest absolute Gasteiger partial charge is 0.480 e. The molecule has 0 aliphatic heterocycles. The first-order chi connectivity index (χ1) is 16.8. The minimum absolute atomic E-state index is 0.0359. The summed E-state index contributed by atoms with van der Waals surface area (Å²) in [5.41, 5.74) is 16.8. The molecule has 0 spiro atoms. The van der Waals surface area contributed by atoms with Crippen LogP contribution in [0.3, 0.4) is 0 Å². The van der Waals surface area contributed by atoms with Crippen LogP contribution in [-0.2, 0) is 35.2 Å². The number of carboxylic acid groups (broad SMARTS) is 1. The SMILES string of the molecule is CC(C)C(N)C(=O)NC(CC(N)=O)C(=O)NC(CCC(N)=O)C(=O)NC(Cc1ccccc1)C(=O)O. The van der Waals surface area contributed by atoms with Crippen LogP contribution < -0.4 is 33.2 Å². The van der Waals surface area contributed by atoms with Crippen molar-refractivity contribution in [3.8, 4) is 0 Å². The molecule has 198 valence electrons. The molecule has 1 aromatic carbocycles. The van der Waals surface area contributed by atoms with Gasteiger partial charge in [-0.15, -0.1) is 0 Å². The number of carbonyl (C=O) groups is 6. The number of benzene rings is 1. The van der Waals surface area contributed by atoms with E-state index in [-0.39, 0.29) is 25.2 Å². The number of carboxylic acids is 1. The van der Waals surface area contributed by atoms with Crippen LogP contribution in [0.2, 0.25) is 0 Å². The zero-order valence-corrected chi connectivity index (χ0v) is 20.2. The fourth-order valence-corrected chi connectivity index (χ4v) is 3.13. The lowest BCUT2D eigenvalue weighted by molar-refractivity contribution is -0.142. The number of hydrogen-bond acceptors (Lipinski definition) is 7. The Morgan fingerprint density at radius 2 is 1.33 bits per heavy atom. The Morgan fingerprint density at radius 1 is 0.806 bits per heavy atom. The summed E-state index contributed by atoms with van der Waals surface area (Å²) in [4.78, 5) is 72.7. The van der Waals surface area contributed by atoms with E-state index >= 15 is 0 Å². The summed E-state index contributed by atoms with van der Waals surface area (Å²) >= 11 is 0. The maximum atomic E-state index is 12.9. The fraction of sp³-hybridized carbons (Fsp3) is 0.478. The molecular weight excluding hydrogens is 472 g/mol. The van der Waals surface area contributed by atoms with E-state index in [1.165, 1.54) is 0 Å². The summed E-state index contributed by atoms with van der Waals surface area (Å²) in [5.74, 6) is -5.79. The summed E-state index contributed by atoms with van der Waals surface area (Å²) in [6, 6.07) is 3.39. The summed E-state index contributed by atoms with van der Waals surface area (Å²) in [6.07, 6.45) is -1.18. The molecular formula is C23H34N6O7. The van der Waals surface area contributed by atoms with Crippen LogP contribution >= 0.6 is 0 Å². The summed E-state index contributed by atoms with van der Waals surface area (Å²) < 4.78 is 0. The zero-order chi connectivity index (χ0) is 27.4. The highest BCUT2D eigenvalue weighted by atomic mass is 16.4. The lowest BCUT2D eigenvalue weighted by Gasteiger charge is -2.25. The second-order valence-electron chi connectivity index (χ2n) is 8.66. The molecule has 36 heavy (non-hydrogen) atoms. The molecule has 0 radical (unpaired) electrons. The summed E-state index contributed by atoms with van der Waals surface area (Å²) in [7, 11) is 0. The minimum Gasteiger partial charge on any atom is -0.480 e. The second-order valence-corrected chi connectivity index (χ2v) is 8.66. The number of nitrogens with one attached hydrogen (secondary N) is 3. The molecule has 10 N–H and O–H groups in total. The van der Waals surface area contributed by atoms with Crippen molar-refractivity contribution < 1.29 is 33.9 Å². The Balaban J connectivity index is 3.05. The topological polar surface area (TPSA) is 237 Å². The molecule has 5 amide bonds. The van der Waals surface area contributed by atoms with Crippen LogP contribution in [0.15, 0.2) is 30.3 Å². The molecule has 0 bridgehead atoms. The third-order valence-electron chi connectivity index (χ3n) is 5.27. The number of hydrogen-bond donors (Lipinski definition) is 7. The quantitative estimate of drug-likeness (QED) is 0.139. The van der Waals surface area contributed by atoms with Gasteiger partial charge >= 0.3 is 5.97 Å². The maximum absolute atomic E-state index is 12.9. The molecule has 0 aliphatic rings. The molecule has 0 aliphatic carbocycles. The molecule has 1 aromatic rings. The third kappa shape index (κ3) is 10.5. The van der Waals surface area contributed by atoms with E-state index in [1.54, 1.807) is 44.2 Å². The van der Waals surface area contributed by atoms with Crippen LogP contribution in [0.25, 0.3) is 0 Å². The lowest BCUT2D eigenvalue weighted by atomic mass is 10.0. The van der Waals surface area contributed by atoms with Crippen molar-refractivity contribution >= 4 is 35.5 Å². The molecule has 4 atom stereocenters. The van der Waals surface area contributed by atoms with Crippen LogP contribution in [0.1, 0.15) is 38.7 Å². The molecule has 13 nitrogen and oxygen atoms in total. The van der Waals surface area contributed by atoms with E-state index < -0.39 is 66.1 Å². The smallest absolute Gasteiger partial charge is 0.326 e. The van der Waals surface area contributed by atoms with Gasteiger partial charge in [-0.1, -0.05) is 44.2 Å². The predicted octanol–water partition coefficient (Wildman–Crippen LogP) is -2.11. The Kier molecular flexibility index (Phi) is 12.0. The maximum Gasteiger partial charge on any atom is 0.326 e. The van der Waals surface area contributed by atoms with E-state index in [9.17, 15) is 33.9 Å². The van der Waals surface area contributed by atoms with Gasteiger partial charge in [-0.05, 0) is 17.9 Å². The van der Waals surface area contributed by atoms with Gasteiger partial charge in [-0.3, -0.25) is 24.0 Å². The molecule has 0 aromatic heterocycles. The molecule has 0 saturated heterocycles. The number of carbonyl (C=O) groups excluding carboxylic acids is 5. The van der Waals surface area contributed by atoms with E-state index in [2.05, 4.69) is 16.0 Å². The van der Waals surface area contributed by atoms with Gasteiger partial charge in [0.15, 0.2) is 0 Å².